The van der Waals surface area contributed by atoms with Crippen LogP contribution < -0.4 is 9.47 Å². The van der Waals surface area contributed by atoms with Gasteiger partial charge >= 0.3 is 0 Å². The molecule has 0 aliphatic carbocycles. The van der Waals surface area contributed by atoms with Crippen LogP contribution in [-0.2, 0) is 6.54 Å². The van der Waals surface area contributed by atoms with E-state index in [-0.39, 0.29) is 6.61 Å². The van der Waals surface area contributed by atoms with E-state index in [0.29, 0.717) is 44.3 Å². The van der Waals surface area contributed by atoms with E-state index in [1.807, 2.05) is 53.4 Å². The van der Waals surface area contributed by atoms with Crippen molar-refractivity contribution in [2.24, 2.45) is 0 Å². The average molecular weight is 329 g/mol. The smallest absolute Gasteiger partial charge is 0.161 e. The second-order valence-corrected chi connectivity index (χ2v) is 5.86. The Morgan fingerprint density at radius 2 is 1.75 bits per heavy atom. The molecule has 0 saturated heterocycles. The summed E-state index contributed by atoms with van der Waals surface area (Å²) in [5, 5.41) is 19.9. The summed E-state index contributed by atoms with van der Waals surface area (Å²) in [7, 11) is 0. The van der Waals surface area contributed by atoms with Crippen molar-refractivity contribution in [2.75, 3.05) is 32.9 Å². The summed E-state index contributed by atoms with van der Waals surface area (Å²) in [4.78, 5) is 2.04. The minimum Gasteiger partial charge on any atom is -0.486 e. The van der Waals surface area contributed by atoms with Crippen LogP contribution in [0.15, 0.2) is 48.5 Å². The van der Waals surface area contributed by atoms with Crippen molar-refractivity contribution >= 4 is 0 Å². The Bertz CT molecular complexity index is 647. The number of hydrogen-bond acceptors (Lipinski definition) is 5. The summed E-state index contributed by atoms with van der Waals surface area (Å²) >= 11 is 0. The molecule has 0 unspecified atom stereocenters. The van der Waals surface area contributed by atoms with Crippen molar-refractivity contribution in [3.8, 4) is 11.5 Å². The molecule has 24 heavy (non-hydrogen) atoms. The number of aliphatic hydroxyl groups excluding tert-OH is 2. The third-order valence-electron chi connectivity index (χ3n) is 4.05. The first kappa shape index (κ1) is 16.8. The molecule has 3 rings (SSSR count). The molecule has 0 saturated carbocycles. The summed E-state index contributed by atoms with van der Waals surface area (Å²) in [5.74, 6) is 1.39. The molecular weight excluding hydrogens is 306 g/mol. The Hall–Kier alpha value is -2.08. The molecule has 2 N–H and O–H groups in total. The van der Waals surface area contributed by atoms with Crippen LogP contribution in [0.1, 0.15) is 17.2 Å². The Morgan fingerprint density at radius 3 is 2.50 bits per heavy atom. The fraction of sp³-hybridized carbons (Fsp3) is 0.368. The predicted molar refractivity (Wildman–Crippen MR) is 91.2 cm³/mol. The topological polar surface area (TPSA) is 62.2 Å². The molecule has 2 aromatic carbocycles. The lowest BCUT2D eigenvalue weighted by Crippen LogP contribution is -2.31. The third-order valence-corrected chi connectivity index (χ3v) is 4.05. The van der Waals surface area contributed by atoms with E-state index in [4.69, 9.17) is 9.47 Å². The Kier molecular flexibility index (Phi) is 5.69. The predicted octanol–water partition coefficient (Wildman–Crippen LogP) is 1.99. The molecule has 128 valence electrons. The summed E-state index contributed by atoms with van der Waals surface area (Å²) in [5.41, 5.74) is 1.94. The maximum Gasteiger partial charge on any atom is 0.161 e. The summed E-state index contributed by atoms with van der Waals surface area (Å²) < 4.78 is 11.1. The molecule has 0 bridgehead atoms. The molecule has 1 atom stereocenters. The normalized spacial score (nSPS) is 14.6. The van der Waals surface area contributed by atoms with Crippen LogP contribution in [0, 0.1) is 0 Å². The second-order valence-electron chi connectivity index (χ2n) is 5.86. The molecule has 0 amide bonds. The highest BCUT2D eigenvalue weighted by atomic mass is 16.6. The number of fused-ring (bicyclic) bond motifs is 1. The lowest BCUT2D eigenvalue weighted by Gasteiger charge is -2.25. The van der Waals surface area contributed by atoms with Crippen molar-refractivity contribution < 1.29 is 19.7 Å². The van der Waals surface area contributed by atoms with Gasteiger partial charge in [0.25, 0.3) is 0 Å². The molecule has 1 heterocycles. The highest BCUT2D eigenvalue weighted by molar-refractivity contribution is 5.44. The first-order chi connectivity index (χ1) is 11.8. The van der Waals surface area contributed by atoms with Crippen LogP contribution in [0.5, 0.6) is 11.5 Å². The van der Waals surface area contributed by atoms with E-state index in [9.17, 15) is 10.2 Å². The second kappa shape index (κ2) is 8.15. The van der Waals surface area contributed by atoms with Gasteiger partial charge in [-0.3, -0.25) is 4.90 Å². The van der Waals surface area contributed by atoms with E-state index >= 15 is 0 Å². The number of rotatable bonds is 7. The molecule has 2 aromatic rings. The lowest BCUT2D eigenvalue weighted by molar-refractivity contribution is 0.0950. The van der Waals surface area contributed by atoms with E-state index in [1.165, 1.54) is 0 Å². The molecule has 0 aromatic heterocycles. The summed E-state index contributed by atoms with van der Waals surface area (Å²) in [6.07, 6.45) is -0.656. The standard InChI is InChI=1S/C19H23NO4/c21-9-8-20(13-15-4-2-1-3-5-15)14-17(22)16-6-7-18-19(12-16)24-11-10-23-18/h1-7,12,17,21-22H,8-11,13-14H2/t17-/m0/s1. The summed E-state index contributed by atoms with van der Waals surface area (Å²) in [6.45, 7) is 2.77. The van der Waals surface area contributed by atoms with Gasteiger partial charge in [-0.15, -0.1) is 0 Å². The molecule has 0 fully saturated rings. The number of nitrogens with zero attached hydrogens (tertiary/aromatic N) is 1. The zero-order valence-corrected chi connectivity index (χ0v) is 13.6. The van der Waals surface area contributed by atoms with Crippen molar-refractivity contribution in [1.82, 2.24) is 4.90 Å². The van der Waals surface area contributed by atoms with Gasteiger partial charge in [-0.2, -0.15) is 0 Å². The van der Waals surface area contributed by atoms with Gasteiger partial charge in [-0.1, -0.05) is 36.4 Å². The monoisotopic (exact) mass is 329 g/mol. The Labute approximate surface area is 142 Å². The number of aliphatic hydroxyl groups is 2. The van der Waals surface area contributed by atoms with Gasteiger partial charge in [0.2, 0.25) is 0 Å². The van der Waals surface area contributed by atoms with E-state index in [1.54, 1.807) is 0 Å². The van der Waals surface area contributed by atoms with Gasteiger partial charge in [0.1, 0.15) is 13.2 Å². The highest BCUT2D eigenvalue weighted by Gasteiger charge is 2.18. The fourth-order valence-electron chi connectivity index (χ4n) is 2.84. The molecule has 0 radical (unpaired) electrons. The molecule has 1 aliphatic heterocycles. The van der Waals surface area contributed by atoms with Gasteiger partial charge in [0, 0.05) is 19.6 Å². The third kappa shape index (κ3) is 4.26. The molecule has 0 spiro atoms. The van der Waals surface area contributed by atoms with Crippen LogP contribution in [-0.4, -0.2) is 48.0 Å². The lowest BCUT2D eigenvalue weighted by atomic mass is 10.1. The van der Waals surface area contributed by atoms with E-state index in [0.717, 1.165) is 11.1 Å². The Morgan fingerprint density at radius 1 is 1.00 bits per heavy atom. The van der Waals surface area contributed by atoms with Gasteiger partial charge in [-0.25, -0.2) is 0 Å². The highest BCUT2D eigenvalue weighted by Crippen LogP contribution is 2.32. The molecular formula is C19H23NO4. The SMILES string of the molecule is OCCN(Cc1ccccc1)C[C@H](O)c1ccc2c(c1)OCCO2. The van der Waals surface area contributed by atoms with Crippen molar-refractivity contribution in [3.63, 3.8) is 0 Å². The van der Waals surface area contributed by atoms with E-state index in [2.05, 4.69) is 0 Å². The molecule has 5 nitrogen and oxygen atoms in total. The maximum absolute atomic E-state index is 10.6. The van der Waals surface area contributed by atoms with Gasteiger partial charge in [0.15, 0.2) is 11.5 Å². The maximum atomic E-state index is 10.6. The number of ether oxygens (including phenoxy) is 2. The summed E-state index contributed by atoms with van der Waals surface area (Å²) in [6, 6.07) is 15.6. The minimum atomic E-state index is -0.656. The van der Waals surface area contributed by atoms with Gasteiger partial charge in [-0.05, 0) is 23.3 Å². The number of benzene rings is 2. The van der Waals surface area contributed by atoms with Crippen LogP contribution in [0.4, 0.5) is 0 Å². The van der Waals surface area contributed by atoms with E-state index < -0.39 is 6.10 Å². The minimum absolute atomic E-state index is 0.0562. The first-order valence-electron chi connectivity index (χ1n) is 8.21. The molecule has 1 aliphatic rings. The van der Waals surface area contributed by atoms with Crippen LogP contribution >= 0.6 is 0 Å². The zero-order valence-electron chi connectivity index (χ0n) is 13.6. The van der Waals surface area contributed by atoms with Gasteiger partial charge in [0.05, 0.1) is 12.7 Å². The number of hydrogen-bond donors (Lipinski definition) is 2. The van der Waals surface area contributed by atoms with Crippen molar-refractivity contribution in [3.05, 3.63) is 59.7 Å². The Balaban J connectivity index is 1.67. The van der Waals surface area contributed by atoms with Crippen molar-refractivity contribution in [1.29, 1.82) is 0 Å². The van der Waals surface area contributed by atoms with Crippen molar-refractivity contribution in [2.45, 2.75) is 12.6 Å². The average Bonchev–Trinajstić information content (AvgIpc) is 2.62. The first-order valence-corrected chi connectivity index (χ1v) is 8.21. The van der Waals surface area contributed by atoms with Crippen LogP contribution in [0.2, 0.25) is 0 Å². The quantitative estimate of drug-likeness (QED) is 0.813. The fourth-order valence-corrected chi connectivity index (χ4v) is 2.84. The van der Waals surface area contributed by atoms with Gasteiger partial charge < -0.3 is 19.7 Å². The zero-order chi connectivity index (χ0) is 16.8. The largest absolute Gasteiger partial charge is 0.486 e. The molecule has 5 heteroatoms. The van der Waals surface area contributed by atoms with Crippen LogP contribution in [0.25, 0.3) is 0 Å². The van der Waals surface area contributed by atoms with Crippen LogP contribution in [0.3, 0.4) is 0 Å².